The van der Waals surface area contributed by atoms with Gasteiger partial charge in [-0.25, -0.2) is 0 Å². The molecule has 2 N–H and O–H groups in total. The second-order valence-corrected chi connectivity index (χ2v) is 3.42. The molecule has 1 aromatic rings. The van der Waals surface area contributed by atoms with E-state index in [-0.39, 0.29) is 11.9 Å². The lowest BCUT2D eigenvalue weighted by atomic mass is 10.3. The van der Waals surface area contributed by atoms with E-state index in [0.717, 1.165) is 0 Å². The van der Waals surface area contributed by atoms with Gasteiger partial charge in [0.25, 0.3) is 0 Å². The molecule has 1 saturated heterocycles. The van der Waals surface area contributed by atoms with Crippen LogP contribution in [0.25, 0.3) is 0 Å². The molecule has 1 fully saturated rings. The van der Waals surface area contributed by atoms with Crippen molar-refractivity contribution in [2.24, 2.45) is 0 Å². The summed E-state index contributed by atoms with van der Waals surface area (Å²) in [6, 6.07) is 0.288. The number of aromatic nitrogens is 2. The molecular formula is C7H10ClN3O3. The maximum absolute atomic E-state index is 9.29. The van der Waals surface area contributed by atoms with Crippen LogP contribution in [0.1, 0.15) is 5.89 Å². The lowest BCUT2D eigenvalue weighted by Gasteiger charge is -2.09. The number of halogens is 1. The highest BCUT2D eigenvalue weighted by Crippen LogP contribution is 2.19. The van der Waals surface area contributed by atoms with E-state index in [4.69, 9.17) is 16.0 Å². The second-order valence-electron chi connectivity index (χ2n) is 3.15. The van der Waals surface area contributed by atoms with Crippen molar-refractivity contribution in [3.8, 4) is 0 Å². The molecule has 2 rings (SSSR count). The monoisotopic (exact) mass is 219 g/mol. The Morgan fingerprint density at radius 2 is 2.00 bits per heavy atom. The number of aliphatic hydroxyl groups is 2. The Kier molecular flexibility index (Phi) is 2.58. The minimum atomic E-state index is -0.763. The topological polar surface area (TPSA) is 82.6 Å². The van der Waals surface area contributed by atoms with Crippen molar-refractivity contribution in [1.82, 2.24) is 10.2 Å². The van der Waals surface area contributed by atoms with E-state index < -0.39 is 12.2 Å². The van der Waals surface area contributed by atoms with Crippen LogP contribution in [0.3, 0.4) is 0 Å². The van der Waals surface area contributed by atoms with E-state index in [1.807, 2.05) is 0 Å². The fourth-order valence-electron chi connectivity index (χ4n) is 1.35. The summed E-state index contributed by atoms with van der Waals surface area (Å²) in [7, 11) is 0. The Hall–Kier alpha value is -0.850. The highest BCUT2D eigenvalue weighted by molar-refractivity contribution is 6.16. The number of alkyl halides is 1. The van der Waals surface area contributed by atoms with E-state index in [1.54, 1.807) is 4.90 Å². The van der Waals surface area contributed by atoms with Gasteiger partial charge in [0.15, 0.2) is 0 Å². The van der Waals surface area contributed by atoms with E-state index in [9.17, 15) is 10.2 Å². The highest BCUT2D eigenvalue weighted by atomic mass is 35.5. The van der Waals surface area contributed by atoms with Gasteiger partial charge < -0.3 is 19.5 Å². The van der Waals surface area contributed by atoms with Gasteiger partial charge in [-0.05, 0) is 0 Å². The summed E-state index contributed by atoms with van der Waals surface area (Å²) in [5, 5.41) is 26.0. The number of β-amino-alcohol motifs (C(OH)–C–C–N with tert-alkyl or cyclic N) is 2. The summed E-state index contributed by atoms with van der Waals surface area (Å²) in [5.41, 5.74) is 0. The zero-order valence-corrected chi connectivity index (χ0v) is 8.05. The third-order valence-electron chi connectivity index (χ3n) is 2.10. The number of hydrogen-bond donors (Lipinski definition) is 2. The Morgan fingerprint density at radius 1 is 1.36 bits per heavy atom. The molecule has 0 amide bonds. The highest BCUT2D eigenvalue weighted by Gasteiger charge is 2.32. The first-order chi connectivity index (χ1) is 6.70. The van der Waals surface area contributed by atoms with Crippen molar-refractivity contribution in [1.29, 1.82) is 0 Å². The molecule has 0 aliphatic carbocycles. The smallest absolute Gasteiger partial charge is 0.318 e. The minimum Gasteiger partial charge on any atom is -0.407 e. The predicted molar refractivity (Wildman–Crippen MR) is 48.1 cm³/mol. The van der Waals surface area contributed by atoms with Crippen LogP contribution in [0.15, 0.2) is 4.42 Å². The largest absolute Gasteiger partial charge is 0.407 e. The SMILES string of the molecule is OC1CN(c2nnc(CCl)o2)CC1O. The average Bonchev–Trinajstić information content (AvgIpc) is 2.74. The summed E-state index contributed by atoms with van der Waals surface area (Å²) in [6.45, 7) is 0.593. The molecular weight excluding hydrogens is 210 g/mol. The summed E-state index contributed by atoms with van der Waals surface area (Å²) in [6.07, 6.45) is -1.53. The molecule has 1 aromatic heterocycles. The van der Waals surface area contributed by atoms with Crippen molar-refractivity contribution < 1.29 is 14.6 Å². The summed E-state index contributed by atoms with van der Waals surface area (Å²) in [5.74, 6) is 0.490. The maximum Gasteiger partial charge on any atom is 0.318 e. The first kappa shape index (κ1) is 9.70. The quantitative estimate of drug-likeness (QED) is 0.644. The third-order valence-corrected chi connectivity index (χ3v) is 2.33. The van der Waals surface area contributed by atoms with E-state index in [1.165, 1.54) is 0 Å². The van der Waals surface area contributed by atoms with Gasteiger partial charge in [-0.3, -0.25) is 0 Å². The predicted octanol–water partition coefficient (Wildman–Crippen LogP) is -0.650. The average molecular weight is 220 g/mol. The Balaban J connectivity index is 2.09. The third kappa shape index (κ3) is 1.68. The van der Waals surface area contributed by atoms with Crippen LogP contribution >= 0.6 is 11.6 Å². The van der Waals surface area contributed by atoms with Gasteiger partial charge in [0, 0.05) is 0 Å². The molecule has 14 heavy (non-hydrogen) atoms. The lowest BCUT2D eigenvalue weighted by molar-refractivity contribution is 0.0572. The first-order valence-electron chi connectivity index (χ1n) is 4.20. The van der Waals surface area contributed by atoms with Crippen LogP contribution in [-0.4, -0.2) is 45.7 Å². The van der Waals surface area contributed by atoms with Crippen LogP contribution in [0.2, 0.25) is 0 Å². The van der Waals surface area contributed by atoms with Gasteiger partial charge in [-0.15, -0.1) is 16.7 Å². The maximum atomic E-state index is 9.29. The molecule has 2 unspecified atom stereocenters. The van der Waals surface area contributed by atoms with Crippen molar-refractivity contribution in [3.05, 3.63) is 5.89 Å². The molecule has 1 aliphatic heterocycles. The number of nitrogens with zero attached hydrogens (tertiary/aromatic N) is 3. The molecule has 1 aliphatic rings. The van der Waals surface area contributed by atoms with E-state index >= 15 is 0 Å². The molecule has 78 valence electrons. The Bertz CT molecular complexity index is 309. The van der Waals surface area contributed by atoms with Crippen LogP contribution < -0.4 is 4.90 Å². The molecule has 7 heteroatoms. The van der Waals surface area contributed by atoms with Crippen molar-refractivity contribution in [2.45, 2.75) is 18.1 Å². The summed E-state index contributed by atoms with van der Waals surface area (Å²) in [4.78, 5) is 1.62. The van der Waals surface area contributed by atoms with Gasteiger partial charge in [0.1, 0.15) is 5.88 Å². The molecule has 0 saturated carbocycles. The summed E-state index contributed by atoms with van der Waals surface area (Å²) < 4.78 is 5.16. The second kappa shape index (κ2) is 3.72. The van der Waals surface area contributed by atoms with Crippen LogP contribution in [0, 0.1) is 0 Å². The summed E-state index contributed by atoms with van der Waals surface area (Å²) >= 11 is 5.49. The molecule has 2 atom stereocenters. The fourth-order valence-corrected chi connectivity index (χ4v) is 1.46. The fraction of sp³-hybridized carbons (Fsp3) is 0.714. The molecule has 0 radical (unpaired) electrons. The van der Waals surface area contributed by atoms with Gasteiger partial charge in [-0.1, -0.05) is 5.10 Å². The Morgan fingerprint density at radius 3 is 2.50 bits per heavy atom. The minimum absolute atomic E-state index is 0.159. The van der Waals surface area contributed by atoms with Crippen LogP contribution in [0.4, 0.5) is 6.01 Å². The normalized spacial score (nSPS) is 27.2. The number of rotatable bonds is 2. The van der Waals surface area contributed by atoms with Gasteiger partial charge in [-0.2, -0.15) is 0 Å². The molecule has 6 nitrogen and oxygen atoms in total. The zero-order chi connectivity index (χ0) is 10.1. The number of anilines is 1. The first-order valence-corrected chi connectivity index (χ1v) is 4.73. The zero-order valence-electron chi connectivity index (χ0n) is 7.30. The standard InChI is InChI=1S/C7H10ClN3O3/c8-1-6-9-10-7(14-6)11-2-4(12)5(13)3-11/h4-5,12-13H,1-3H2. The molecule has 0 aromatic carbocycles. The number of aliphatic hydroxyl groups excluding tert-OH is 2. The van der Waals surface area contributed by atoms with Crippen molar-refractivity contribution in [2.75, 3.05) is 18.0 Å². The molecule has 0 bridgehead atoms. The van der Waals surface area contributed by atoms with Gasteiger partial charge in [0.2, 0.25) is 5.89 Å². The Labute approximate surface area is 85.1 Å². The van der Waals surface area contributed by atoms with E-state index in [2.05, 4.69) is 10.2 Å². The van der Waals surface area contributed by atoms with Crippen molar-refractivity contribution >= 4 is 17.6 Å². The van der Waals surface area contributed by atoms with Crippen molar-refractivity contribution in [3.63, 3.8) is 0 Å². The van der Waals surface area contributed by atoms with Crippen LogP contribution in [-0.2, 0) is 5.88 Å². The van der Waals surface area contributed by atoms with Gasteiger partial charge in [0.05, 0.1) is 25.3 Å². The van der Waals surface area contributed by atoms with Gasteiger partial charge >= 0.3 is 6.01 Å². The lowest BCUT2D eigenvalue weighted by Crippen LogP contribution is -2.22. The molecule has 0 spiro atoms. The number of hydrogen-bond acceptors (Lipinski definition) is 6. The van der Waals surface area contributed by atoms with Crippen LogP contribution in [0.5, 0.6) is 0 Å². The van der Waals surface area contributed by atoms with E-state index in [0.29, 0.717) is 19.0 Å². The molecule has 2 heterocycles.